The molecule has 17 heavy (non-hydrogen) atoms. The third-order valence-electron chi connectivity index (χ3n) is 3.71. The lowest BCUT2D eigenvalue weighted by Crippen LogP contribution is -2.22. The van der Waals surface area contributed by atoms with Gasteiger partial charge in [0.1, 0.15) is 0 Å². The number of hydrogen-bond acceptors (Lipinski definition) is 2. The molecule has 3 heteroatoms. The van der Waals surface area contributed by atoms with Crippen LogP contribution in [0.2, 0.25) is 0 Å². The van der Waals surface area contributed by atoms with E-state index in [2.05, 4.69) is 28.0 Å². The Morgan fingerprint density at radius 2 is 2.06 bits per heavy atom. The average molecular weight is 225 g/mol. The normalized spacial score (nSPS) is 24.6. The van der Waals surface area contributed by atoms with E-state index in [0.29, 0.717) is 0 Å². The predicted molar refractivity (Wildman–Crippen MR) is 66.3 cm³/mol. The largest absolute Gasteiger partial charge is 0.260 e. The van der Waals surface area contributed by atoms with E-state index in [4.69, 9.17) is 0 Å². The molecule has 1 aromatic heterocycles. The number of aromatic nitrogens is 2. The zero-order chi connectivity index (χ0) is 11.7. The highest BCUT2D eigenvalue weighted by molar-refractivity contribution is 5.78. The first kappa shape index (κ1) is 10.3. The number of nitrogens with zero attached hydrogens (tertiary/aromatic N) is 3. The fraction of sp³-hybridized carbons (Fsp3) is 0.429. The van der Waals surface area contributed by atoms with Crippen LogP contribution in [0.4, 0.5) is 0 Å². The highest BCUT2D eigenvalue weighted by Gasteiger charge is 2.27. The summed E-state index contributed by atoms with van der Waals surface area (Å²) in [4.78, 5) is 0. The van der Waals surface area contributed by atoms with Crippen LogP contribution in [0.5, 0.6) is 0 Å². The molecule has 0 bridgehead atoms. The minimum atomic E-state index is 0.118. The molecule has 0 amide bonds. The van der Waals surface area contributed by atoms with Crippen LogP contribution >= 0.6 is 0 Å². The molecule has 0 radical (unpaired) electrons. The molecule has 0 spiro atoms. The van der Waals surface area contributed by atoms with Gasteiger partial charge in [0.15, 0.2) is 0 Å². The Kier molecular flexibility index (Phi) is 2.56. The van der Waals surface area contributed by atoms with Crippen molar-refractivity contribution in [1.29, 1.82) is 5.26 Å². The maximum absolute atomic E-state index is 9.24. The summed E-state index contributed by atoms with van der Waals surface area (Å²) in [6, 6.07) is 10.9. The highest BCUT2D eigenvalue weighted by atomic mass is 15.3. The summed E-state index contributed by atoms with van der Waals surface area (Å²) in [5, 5.41) is 14.9. The topological polar surface area (TPSA) is 41.6 Å². The number of nitriles is 1. The first-order chi connectivity index (χ1) is 8.40. The van der Waals surface area contributed by atoms with Crippen LogP contribution in [0, 0.1) is 17.2 Å². The second-order valence-electron chi connectivity index (χ2n) is 4.74. The molecule has 0 aliphatic heterocycles. The van der Waals surface area contributed by atoms with Crippen LogP contribution in [-0.4, -0.2) is 9.78 Å². The average Bonchev–Trinajstić information content (AvgIpc) is 2.82. The Hall–Kier alpha value is -1.82. The fourth-order valence-electron chi connectivity index (χ4n) is 2.81. The number of para-hydroxylation sites is 1. The Bertz CT molecular complexity index is 564. The zero-order valence-corrected chi connectivity index (χ0v) is 9.71. The van der Waals surface area contributed by atoms with Crippen molar-refractivity contribution in [2.75, 3.05) is 0 Å². The molecule has 0 saturated heterocycles. The predicted octanol–water partition coefficient (Wildman–Crippen LogP) is 3.29. The van der Waals surface area contributed by atoms with E-state index < -0.39 is 0 Å². The molecular formula is C14H15N3. The second-order valence-corrected chi connectivity index (χ2v) is 4.74. The monoisotopic (exact) mass is 225 g/mol. The third kappa shape index (κ3) is 1.70. The van der Waals surface area contributed by atoms with E-state index >= 15 is 0 Å². The Morgan fingerprint density at radius 1 is 1.24 bits per heavy atom. The molecule has 3 nitrogen and oxygen atoms in total. The van der Waals surface area contributed by atoms with Crippen molar-refractivity contribution < 1.29 is 0 Å². The summed E-state index contributed by atoms with van der Waals surface area (Å²) in [7, 11) is 0. The van der Waals surface area contributed by atoms with Gasteiger partial charge in [-0.25, -0.2) is 0 Å². The molecule has 86 valence electrons. The maximum atomic E-state index is 9.24. The van der Waals surface area contributed by atoms with Gasteiger partial charge < -0.3 is 0 Å². The van der Waals surface area contributed by atoms with Crippen molar-refractivity contribution in [3.05, 3.63) is 30.5 Å². The van der Waals surface area contributed by atoms with Crippen LogP contribution < -0.4 is 0 Å². The van der Waals surface area contributed by atoms with Crippen molar-refractivity contribution in [2.45, 2.75) is 31.7 Å². The lowest BCUT2D eigenvalue weighted by molar-refractivity contribution is 0.277. The van der Waals surface area contributed by atoms with Gasteiger partial charge >= 0.3 is 0 Å². The molecule has 2 aromatic rings. The summed E-state index contributed by atoms with van der Waals surface area (Å²) in [5.74, 6) is 0.118. The number of fused-ring (bicyclic) bond motifs is 1. The van der Waals surface area contributed by atoms with Crippen molar-refractivity contribution in [2.24, 2.45) is 5.92 Å². The van der Waals surface area contributed by atoms with E-state index in [0.717, 1.165) is 23.7 Å². The zero-order valence-electron chi connectivity index (χ0n) is 9.71. The molecule has 1 saturated carbocycles. The molecule has 1 heterocycles. The van der Waals surface area contributed by atoms with E-state index in [1.165, 1.54) is 12.8 Å². The molecule has 2 unspecified atom stereocenters. The van der Waals surface area contributed by atoms with Crippen molar-refractivity contribution in [3.8, 4) is 6.07 Å². The number of rotatable bonds is 1. The van der Waals surface area contributed by atoms with Crippen LogP contribution in [0.15, 0.2) is 30.5 Å². The van der Waals surface area contributed by atoms with Gasteiger partial charge in [0.2, 0.25) is 0 Å². The van der Waals surface area contributed by atoms with Crippen LogP contribution in [-0.2, 0) is 0 Å². The molecule has 0 N–H and O–H groups in total. The van der Waals surface area contributed by atoms with Crippen LogP contribution in [0.25, 0.3) is 10.9 Å². The summed E-state index contributed by atoms with van der Waals surface area (Å²) in [5.41, 5.74) is 1.15. The SMILES string of the molecule is N#CC1CCCCC1n1ncc2ccccc21. The Balaban J connectivity index is 2.05. The molecule has 2 atom stereocenters. The van der Waals surface area contributed by atoms with Gasteiger partial charge in [0.25, 0.3) is 0 Å². The van der Waals surface area contributed by atoms with Gasteiger partial charge in [-0.05, 0) is 18.9 Å². The minimum absolute atomic E-state index is 0.118. The Morgan fingerprint density at radius 3 is 2.94 bits per heavy atom. The highest BCUT2D eigenvalue weighted by Crippen LogP contribution is 2.34. The summed E-state index contributed by atoms with van der Waals surface area (Å²) < 4.78 is 2.06. The smallest absolute Gasteiger partial charge is 0.0688 e. The summed E-state index contributed by atoms with van der Waals surface area (Å²) in [6.07, 6.45) is 6.36. The molecule has 1 fully saturated rings. The van der Waals surface area contributed by atoms with E-state index in [1.807, 2.05) is 18.3 Å². The Labute approximate surface area is 101 Å². The quantitative estimate of drug-likeness (QED) is 0.747. The molecule has 1 aliphatic carbocycles. The van der Waals surface area contributed by atoms with Gasteiger partial charge in [0, 0.05) is 5.39 Å². The maximum Gasteiger partial charge on any atom is 0.0688 e. The van der Waals surface area contributed by atoms with Gasteiger partial charge in [-0.15, -0.1) is 0 Å². The van der Waals surface area contributed by atoms with Crippen LogP contribution in [0.3, 0.4) is 0 Å². The molecule has 1 aliphatic rings. The lowest BCUT2D eigenvalue weighted by Gasteiger charge is -2.27. The minimum Gasteiger partial charge on any atom is -0.260 e. The first-order valence-electron chi connectivity index (χ1n) is 6.22. The summed E-state index contributed by atoms with van der Waals surface area (Å²) >= 11 is 0. The second kappa shape index (κ2) is 4.21. The van der Waals surface area contributed by atoms with E-state index in [-0.39, 0.29) is 12.0 Å². The fourth-order valence-corrected chi connectivity index (χ4v) is 2.81. The van der Waals surface area contributed by atoms with Crippen molar-refractivity contribution in [3.63, 3.8) is 0 Å². The van der Waals surface area contributed by atoms with Crippen molar-refractivity contribution in [1.82, 2.24) is 9.78 Å². The first-order valence-corrected chi connectivity index (χ1v) is 6.22. The standard InChI is InChI=1S/C14H15N3/c15-9-11-5-1-3-7-13(11)17-14-8-4-2-6-12(14)10-16-17/h2,4,6,8,10-11,13H,1,3,5,7H2. The van der Waals surface area contributed by atoms with E-state index in [1.54, 1.807) is 0 Å². The molecule has 3 rings (SSSR count). The van der Waals surface area contributed by atoms with Crippen LogP contribution in [0.1, 0.15) is 31.7 Å². The summed E-state index contributed by atoms with van der Waals surface area (Å²) in [6.45, 7) is 0. The molecule has 1 aromatic carbocycles. The number of benzene rings is 1. The molecular weight excluding hydrogens is 210 g/mol. The van der Waals surface area contributed by atoms with Gasteiger partial charge in [-0.1, -0.05) is 31.0 Å². The lowest BCUT2D eigenvalue weighted by atomic mass is 9.85. The van der Waals surface area contributed by atoms with Crippen molar-refractivity contribution >= 4 is 10.9 Å². The third-order valence-corrected chi connectivity index (χ3v) is 3.71. The van der Waals surface area contributed by atoms with E-state index in [9.17, 15) is 5.26 Å². The van der Waals surface area contributed by atoms with Gasteiger partial charge in [-0.3, -0.25) is 4.68 Å². The van der Waals surface area contributed by atoms with Gasteiger partial charge in [-0.2, -0.15) is 10.4 Å². The number of hydrogen-bond donors (Lipinski definition) is 0. The van der Waals surface area contributed by atoms with Gasteiger partial charge in [0.05, 0.1) is 29.7 Å².